The first-order valence-electron chi connectivity index (χ1n) is 8.99. The van der Waals surface area contributed by atoms with E-state index in [0.717, 1.165) is 18.7 Å². The van der Waals surface area contributed by atoms with Gasteiger partial charge in [-0.05, 0) is 30.2 Å². The van der Waals surface area contributed by atoms with Gasteiger partial charge in [0, 0.05) is 37.1 Å². The van der Waals surface area contributed by atoms with Gasteiger partial charge >= 0.3 is 0 Å². The van der Waals surface area contributed by atoms with E-state index in [1.54, 1.807) is 4.90 Å². The van der Waals surface area contributed by atoms with E-state index in [1.807, 2.05) is 56.4 Å². The predicted octanol–water partition coefficient (Wildman–Crippen LogP) is 3.71. The first-order valence-corrected chi connectivity index (χ1v) is 9.37. The molecular formula is C21H27Cl2N3O. The van der Waals surface area contributed by atoms with Gasteiger partial charge in [-0.1, -0.05) is 54.1 Å². The second-order valence-electron chi connectivity index (χ2n) is 7.11. The Morgan fingerprint density at radius 1 is 1.19 bits per heavy atom. The summed E-state index contributed by atoms with van der Waals surface area (Å²) < 4.78 is 0. The van der Waals surface area contributed by atoms with Gasteiger partial charge in [-0.25, -0.2) is 0 Å². The minimum Gasteiger partial charge on any atom is -0.338 e. The molecule has 1 aliphatic rings. The Balaban J connectivity index is 0.00000261. The zero-order chi connectivity index (χ0) is 18.7. The number of carbonyl (C=O) groups is 1. The van der Waals surface area contributed by atoms with Crippen LogP contribution in [0.25, 0.3) is 0 Å². The zero-order valence-electron chi connectivity index (χ0n) is 15.7. The van der Waals surface area contributed by atoms with E-state index in [4.69, 9.17) is 17.3 Å². The second-order valence-corrected chi connectivity index (χ2v) is 7.54. The summed E-state index contributed by atoms with van der Waals surface area (Å²) in [5.41, 5.74) is 8.66. The van der Waals surface area contributed by atoms with E-state index in [1.165, 1.54) is 5.56 Å². The summed E-state index contributed by atoms with van der Waals surface area (Å²) in [4.78, 5) is 16.7. The lowest BCUT2D eigenvalue weighted by atomic mass is 9.95. The van der Waals surface area contributed by atoms with Gasteiger partial charge in [0.25, 0.3) is 0 Å². The van der Waals surface area contributed by atoms with Crippen molar-refractivity contribution in [2.24, 2.45) is 5.73 Å². The van der Waals surface area contributed by atoms with Crippen molar-refractivity contribution in [2.45, 2.75) is 24.9 Å². The highest BCUT2D eigenvalue weighted by Crippen LogP contribution is 2.27. The Hall–Kier alpha value is -1.59. The molecule has 146 valence electrons. The topological polar surface area (TPSA) is 49.6 Å². The number of hydrogen-bond acceptors (Lipinski definition) is 3. The van der Waals surface area contributed by atoms with Crippen LogP contribution in [0, 0.1) is 0 Å². The molecule has 1 amide bonds. The number of amides is 1. The summed E-state index contributed by atoms with van der Waals surface area (Å²) >= 11 is 5.95. The summed E-state index contributed by atoms with van der Waals surface area (Å²) in [6, 6.07) is 18.0. The largest absolute Gasteiger partial charge is 0.338 e. The van der Waals surface area contributed by atoms with Crippen LogP contribution in [-0.4, -0.2) is 48.4 Å². The van der Waals surface area contributed by atoms with Crippen LogP contribution in [0.1, 0.15) is 30.0 Å². The highest BCUT2D eigenvalue weighted by atomic mass is 35.5. The summed E-state index contributed by atoms with van der Waals surface area (Å²) in [5.74, 6) is 0.386. The van der Waals surface area contributed by atoms with E-state index in [0.29, 0.717) is 11.6 Å². The average Bonchev–Trinajstić information content (AvgIpc) is 3.02. The van der Waals surface area contributed by atoms with Crippen LogP contribution in [0.2, 0.25) is 5.02 Å². The number of likely N-dealkylation sites (N-methyl/N-ethyl adjacent to an activating group) is 1. The van der Waals surface area contributed by atoms with E-state index in [9.17, 15) is 4.79 Å². The van der Waals surface area contributed by atoms with E-state index in [-0.39, 0.29) is 36.3 Å². The molecule has 3 rings (SSSR count). The molecule has 6 heteroatoms. The maximum absolute atomic E-state index is 12.7. The fraction of sp³-hybridized carbons (Fsp3) is 0.381. The molecule has 0 radical (unpaired) electrons. The minimum atomic E-state index is 0. The number of rotatable bonds is 5. The van der Waals surface area contributed by atoms with Crippen LogP contribution in [0.4, 0.5) is 0 Å². The monoisotopic (exact) mass is 407 g/mol. The maximum Gasteiger partial charge on any atom is 0.236 e. The number of nitrogens with zero attached hydrogens (tertiary/aromatic N) is 2. The third kappa shape index (κ3) is 5.23. The SMILES string of the molecule is CC(c1ccc(Cl)cc1)N(C)C(=O)CN1C[C@@H](N)[C@H](c2ccccc2)C1.Cl. The lowest BCUT2D eigenvalue weighted by Gasteiger charge is -2.27. The van der Waals surface area contributed by atoms with Gasteiger partial charge in [0.05, 0.1) is 12.6 Å². The molecule has 0 bridgehead atoms. The Kier molecular flexibility index (Phi) is 7.68. The molecule has 0 spiro atoms. The van der Waals surface area contributed by atoms with Gasteiger partial charge in [-0.15, -0.1) is 12.4 Å². The standard InChI is InChI=1S/C21H26ClN3O.ClH/c1-15(16-8-10-18(22)11-9-16)24(2)21(26)14-25-12-19(20(23)13-25)17-6-4-3-5-7-17;/h3-11,15,19-20H,12-14,23H2,1-2H3;1H/t15?,19-,20+;/m0./s1. The Bertz CT molecular complexity index is 739. The summed E-state index contributed by atoms with van der Waals surface area (Å²) in [6.07, 6.45) is 0. The number of nitrogens with two attached hydrogens (primary N) is 1. The number of likely N-dealkylation sites (tertiary alicyclic amines) is 1. The van der Waals surface area contributed by atoms with Gasteiger partial charge in [0.2, 0.25) is 5.91 Å². The molecule has 1 fully saturated rings. The lowest BCUT2D eigenvalue weighted by molar-refractivity contribution is -0.132. The summed E-state index contributed by atoms with van der Waals surface area (Å²) in [7, 11) is 1.85. The molecule has 2 aromatic carbocycles. The van der Waals surface area contributed by atoms with Gasteiger partial charge in [-0.3, -0.25) is 9.69 Å². The van der Waals surface area contributed by atoms with Gasteiger partial charge in [0.1, 0.15) is 0 Å². The van der Waals surface area contributed by atoms with Gasteiger partial charge in [-0.2, -0.15) is 0 Å². The van der Waals surface area contributed by atoms with Crippen LogP contribution in [-0.2, 0) is 4.79 Å². The fourth-order valence-corrected chi connectivity index (χ4v) is 3.71. The molecule has 0 saturated carbocycles. The smallest absolute Gasteiger partial charge is 0.236 e. The quantitative estimate of drug-likeness (QED) is 0.821. The molecule has 1 aliphatic heterocycles. The van der Waals surface area contributed by atoms with Crippen molar-refractivity contribution in [2.75, 3.05) is 26.7 Å². The Morgan fingerprint density at radius 3 is 2.44 bits per heavy atom. The molecule has 27 heavy (non-hydrogen) atoms. The van der Waals surface area contributed by atoms with Crippen LogP contribution < -0.4 is 5.73 Å². The fourth-order valence-electron chi connectivity index (χ4n) is 3.58. The maximum atomic E-state index is 12.7. The van der Waals surface area contributed by atoms with Crippen LogP contribution in [0.15, 0.2) is 54.6 Å². The van der Waals surface area contributed by atoms with Crippen LogP contribution >= 0.6 is 24.0 Å². The normalized spacial score (nSPS) is 20.7. The van der Waals surface area contributed by atoms with Gasteiger partial charge < -0.3 is 10.6 Å². The molecule has 4 nitrogen and oxygen atoms in total. The average molecular weight is 408 g/mol. The number of benzene rings is 2. The van der Waals surface area contributed by atoms with Crippen molar-refractivity contribution < 1.29 is 4.79 Å². The first kappa shape index (κ1) is 21.7. The van der Waals surface area contributed by atoms with Crippen molar-refractivity contribution in [3.05, 3.63) is 70.7 Å². The predicted molar refractivity (Wildman–Crippen MR) is 113 cm³/mol. The number of carbonyl (C=O) groups excluding carboxylic acids is 1. The number of hydrogen-bond donors (Lipinski definition) is 1. The summed E-state index contributed by atoms with van der Waals surface area (Å²) in [5, 5.41) is 0.702. The van der Waals surface area contributed by atoms with Crippen molar-refractivity contribution >= 4 is 29.9 Å². The highest BCUT2D eigenvalue weighted by Gasteiger charge is 2.33. The van der Waals surface area contributed by atoms with E-state index in [2.05, 4.69) is 17.0 Å². The van der Waals surface area contributed by atoms with E-state index >= 15 is 0 Å². The van der Waals surface area contributed by atoms with Gasteiger partial charge in [0.15, 0.2) is 0 Å². The zero-order valence-corrected chi connectivity index (χ0v) is 17.3. The molecule has 0 aromatic heterocycles. The molecule has 0 aliphatic carbocycles. The second kappa shape index (κ2) is 9.56. The summed E-state index contributed by atoms with van der Waals surface area (Å²) in [6.45, 7) is 3.99. The van der Waals surface area contributed by atoms with E-state index < -0.39 is 0 Å². The molecule has 1 unspecified atom stereocenters. The van der Waals surface area contributed by atoms with Crippen molar-refractivity contribution in [1.82, 2.24) is 9.80 Å². The molecule has 3 atom stereocenters. The Morgan fingerprint density at radius 2 is 1.81 bits per heavy atom. The minimum absolute atomic E-state index is 0. The molecule has 2 aromatic rings. The van der Waals surface area contributed by atoms with Crippen molar-refractivity contribution in [3.63, 3.8) is 0 Å². The third-order valence-electron chi connectivity index (χ3n) is 5.35. The Labute approximate surface area is 172 Å². The third-order valence-corrected chi connectivity index (χ3v) is 5.61. The molecule has 1 heterocycles. The van der Waals surface area contributed by atoms with Crippen molar-refractivity contribution in [3.8, 4) is 0 Å². The van der Waals surface area contributed by atoms with Crippen molar-refractivity contribution in [1.29, 1.82) is 0 Å². The highest BCUT2D eigenvalue weighted by molar-refractivity contribution is 6.30. The first-order chi connectivity index (χ1) is 12.5. The number of halogens is 2. The molecule has 2 N–H and O–H groups in total. The molecule has 1 saturated heterocycles. The van der Waals surface area contributed by atoms with Crippen LogP contribution in [0.5, 0.6) is 0 Å². The lowest BCUT2D eigenvalue weighted by Crippen LogP contribution is -2.39. The van der Waals surface area contributed by atoms with Crippen LogP contribution in [0.3, 0.4) is 0 Å². The molecular weight excluding hydrogens is 381 g/mol.